The number of carbonyl (C=O) groups excluding carboxylic acids is 2. The highest BCUT2D eigenvalue weighted by Crippen LogP contribution is 2.33. The molecule has 1 aromatic carbocycles. The molecule has 0 spiro atoms. The Labute approximate surface area is 177 Å². The van der Waals surface area contributed by atoms with Gasteiger partial charge in [0, 0.05) is 39.8 Å². The van der Waals surface area contributed by atoms with Gasteiger partial charge in [-0.1, -0.05) is 33.8 Å². The van der Waals surface area contributed by atoms with Gasteiger partial charge >= 0.3 is 11.8 Å². The number of amides is 2. The van der Waals surface area contributed by atoms with E-state index in [1.54, 1.807) is 52.2 Å². The van der Waals surface area contributed by atoms with E-state index in [1.165, 1.54) is 9.80 Å². The fraction of sp³-hybridized carbons (Fsp3) is 0.545. The second kappa shape index (κ2) is 6.82. The Morgan fingerprint density at radius 2 is 1.13 bits per heavy atom. The second-order valence-corrected chi connectivity index (χ2v) is 9.09. The quantitative estimate of drug-likeness (QED) is 0.556. The van der Waals surface area contributed by atoms with Crippen LogP contribution in [0.2, 0.25) is 0 Å². The molecule has 2 aliphatic rings. The van der Waals surface area contributed by atoms with Gasteiger partial charge in [-0.05, 0) is 18.2 Å². The summed E-state index contributed by atoms with van der Waals surface area (Å²) < 4.78 is 1.50. The Morgan fingerprint density at radius 3 is 1.40 bits per heavy atom. The first kappa shape index (κ1) is 21.8. The van der Waals surface area contributed by atoms with E-state index in [1.807, 2.05) is 27.7 Å². The fourth-order valence-corrected chi connectivity index (χ4v) is 4.17. The van der Waals surface area contributed by atoms with Gasteiger partial charge in [-0.2, -0.15) is 9.48 Å². The molecular weight excluding hydrogens is 384 g/mol. The predicted octanol–water partition coefficient (Wildman–Crippen LogP) is 1.97. The number of nitrogens with zero attached hydrogens (tertiary/aromatic N) is 4. The largest absolute Gasteiger partial charge is 0.621 e. The molecule has 8 nitrogen and oxygen atoms in total. The summed E-state index contributed by atoms with van der Waals surface area (Å²) >= 11 is 0. The van der Waals surface area contributed by atoms with Crippen molar-refractivity contribution in [3.8, 4) is 0 Å². The Kier molecular flexibility index (Phi) is 4.96. The molecule has 0 radical (unpaired) electrons. The smallest absolute Gasteiger partial charge is 0.325 e. The van der Waals surface area contributed by atoms with E-state index >= 15 is 0 Å². The Morgan fingerprint density at radius 1 is 0.800 bits per heavy atom. The summed E-state index contributed by atoms with van der Waals surface area (Å²) in [5.41, 5.74) is -1.23. The van der Waals surface area contributed by atoms with Crippen LogP contribution in [0.5, 0.6) is 0 Å². The van der Waals surface area contributed by atoms with Crippen molar-refractivity contribution in [3.63, 3.8) is 0 Å². The normalized spacial score (nSPS) is 27.5. The number of likely N-dealkylation sites (N-methyl/N-ethyl adjacent to an activating group) is 2. The van der Waals surface area contributed by atoms with Crippen molar-refractivity contribution in [2.24, 2.45) is 11.8 Å². The first-order valence-electron chi connectivity index (χ1n) is 10.2. The lowest BCUT2D eigenvalue weighted by atomic mass is 9.98. The van der Waals surface area contributed by atoms with Crippen LogP contribution >= 0.6 is 0 Å². The average molecular weight is 415 g/mol. The zero-order valence-electron chi connectivity index (χ0n) is 18.9. The van der Waals surface area contributed by atoms with Crippen molar-refractivity contribution in [1.29, 1.82) is 0 Å². The third-order valence-electron chi connectivity index (χ3n) is 7.20. The zero-order valence-corrected chi connectivity index (χ0v) is 18.9. The maximum Gasteiger partial charge on any atom is 0.325 e. The standard InChI is InChI=1S/C22H30N4O4/c1-13(2)21(5)23(7)19(27)17(25(21)29)15-10-9-11-16(12-15)18-20(28)24(8)22(6,14(3)4)26(18)30/h9-14H,1-8H3/t21-,22-/m0/s1. The van der Waals surface area contributed by atoms with Gasteiger partial charge in [-0.3, -0.25) is 19.4 Å². The van der Waals surface area contributed by atoms with Crippen molar-refractivity contribution in [3.05, 3.63) is 45.8 Å². The molecule has 162 valence electrons. The molecule has 2 amide bonds. The number of benzene rings is 1. The second-order valence-electron chi connectivity index (χ2n) is 9.09. The van der Waals surface area contributed by atoms with Crippen LogP contribution < -0.4 is 0 Å². The first-order chi connectivity index (χ1) is 13.8. The topological polar surface area (TPSA) is 92.8 Å². The van der Waals surface area contributed by atoms with Crippen molar-refractivity contribution < 1.29 is 19.1 Å². The van der Waals surface area contributed by atoms with Crippen LogP contribution in [-0.4, -0.2) is 67.9 Å². The summed E-state index contributed by atoms with van der Waals surface area (Å²) in [7, 11) is 3.23. The van der Waals surface area contributed by atoms with Crippen molar-refractivity contribution in [2.45, 2.75) is 52.9 Å². The van der Waals surface area contributed by atoms with E-state index in [9.17, 15) is 20.0 Å². The van der Waals surface area contributed by atoms with Gasteiger partial charge in [-0.15, -0.1) is 0 Å². The van der Waals surface area contributed by atoms with Crippen LogP contribution in [0, 0.1) is 22.3 Å². The van der Waals surface area contributed by atoms with Crippen LogP contribution in [0.1, 0.15) is 52.7 Å². The molecule has 0 aromatic heterocycles. The molecule has 0 bridgehead atoms. The minimum Gasteiger partial charge on any atom is -0.621 e. The number of rotatable bonds is 4. The summed E-state index contributed by atoms with van der Waals surface area (Å²) in [5.74, 6) is -0.977. The molecule has 2 heterocycles. The van der Waals surface area contributed by atoms with Gasteiger partial charge in [0.25, 0.3) is 22.7 Å². The zero-order chi connectivity index (χ0) is 22.8. The van der Waals surface area contributed by atoms with E-state index in [4.69, 9.17) is 0 Å². The highest BCUT2D eigenvalue weighted by Gasteiger charge is 2.56. The molecule has 0 N–H and O–H groups in total. The van der Waals surface area contributed by atoms with Gasteiger partial charge in [0.15, 0.2) is 0 Å². The van der Waals surface area contributed by atoms with Crippen molar-refractivity contribution >= 4 is 23.2 Å². The molecule has 0 aliphatic carbocycles. The van der Waals surface area contributed by atoms with Crippen LogP contribution in [-0.2, 0) is 9.59 Å². The van der Waals surface area contributed by atoms with Crippen LogP contribution in [0.3, 0.4) is 0 Å². The number of hydrogen-bond donors (Lipinski definition) is 0. The maximum absolute atomic E-state index is 13.2. The Bertz CT molecular complexity index is 921. The lowest BCUT2D eigenvalue weighted by molar-refractivity contribution is -0.570. The summed E-state index contributed by atoms with van der Waals surface area (Å²) in [4.78, 5) is 28.8. The fourth-order valence-electron chi connectivity index (χ4n) is 4.17. The molecule has 0 unspecified atom stereocenters. The van der Waals surface area contributed by atoms with Gasteiger partial charge in [0.05, 0.1) is 11.1 Å². The molecule has 8 heteroatoms. The molecule has 30 heavy (non-hydrogen) atoms. The third-order valence-corrected chi connectivity index (χ3v) is 7.20. The average Bonchev–Trinajstić information content (AvgIpc) is 2.98. The lowest BCUT2D eigenvalue weighted by Crippen LogP contribution is -2.51. The minimum absolute atomic E-state index is 0.0130. The summed E-state index contributed by atoms with van der Waals surface area (Å²) in [6, 6.07) is 6.54. The molecule has 3 rings (SSSR count). The summed E-state index contributed by atoms with van der Waals surface area (Å²) in [5, 5.41) is 26.3. The van der Waals surface area contributed by atoms with Crippen LogP contribution in [0.15, 0.2) is 24.3 Å². The highest BCUT2D eigenvalue weighted by atomic mass is 16.5. The minimum atomic E-state index is -1.01. The molecule has 0 saturated carbocycles. The molecule has 2 aliphatic heterocycles. The van der Waals surface area contributed by atoms with Gasteiger partial charge in [0.1, 0.15) is 0 Å². The van der Waals surface area contributed by atoms with E-state index < -0.39 is 11.3 Å². The van der Waals surface area contributed by atoms with E-state index in [-0.39, 0.29) is 35.1 Å². The Hall–Kier alpha value is -2.90. The van der Waals surface area contributed by atoms with Gasteiger partial charge in [0.2, 0.25) is 0 Å². The predicted molar refractivity (Wildman–Crippen MR) is 114 cm³/mol. The van der Waals surface area contributed by atoms with Gasteiger partial charge < -0.3 is 10.4 Å². The molecular formula is C22H30N4O4. The molecule has 1 aromatic rings. The van der Waals surface area contributed by atoms with Crippen molar-refractivity contribution in [2.75, 3.05) is 14.1 Å². The van der Waals surface area contributed by atoms with E-state index in [2.05, 4.69) is 0 Å². The lowest BCUT2D eigenvalue weighted by Gasteiger charge is -2.32. The molecule has 0 fully saturated rings. The maximum atomic E-state index is 13.2. The molecule has 2 atom stereocenters. The Balaban J connectivity index is 2.17. The number of carbonyl (C=O) groups is 2. The van der Waals surface area contributed by atoms with E-state index in [0.29, 0.717) is 11.1 Å². The van der Waals surface area contributed by atoms with E-state index in [0.717, 1.165) is 9.48 Å². The third kappa shape index (κ3) is 2.58. The summed E-state index contributed by atoms with van der Waals surface area (Å²) in [6.07, 6.45) is 0. The highest BCUT2D eigenvalue weighted by molar-refractivity contribution is 6.46. The summed E-state index contributed by atoms with van der Waals surface area (Å²) in [6.45, 7) is 11.0. The van der Waals surface area contributed by atoms with Crippen molar-refractivity contribution in [1.82, 2.24) is 9.80 Å². The molecule has 0 saturated heterocycles. The first-order valence-corrected chi connectivity index (χ1v) is 10.2. The van der Waals surface area contributed by atoms with Crippen LogP contribution in [0.25, 0.3) is 0 Å². The monoisotopic (exact) mass is 414 g/mol. The van der Waals surface area contributed by atoms with Crippen LogP contribution in [0.4, 0.5) is 0 Å². The number of hydrogen-bond acceptors (Lipinski definition) is 4. The van der Waals surface area contributed by atoms with Gasteiger partial charge in [-0.25, -0.2) is 0 Å². The SMILES string of the molecule is CC(C)[C@@]1(C)N(C)C(=O)C(c2cccc(C3=[N+]([O-])[C@@](C)(C(C)C)N(C)C3=O)c2)=[N+]1[O-]. The number of hydroxylamine groups is 2.